The third-order valence-corrected chi connectivity index (χ3v) is 2.46. The lowest BCUT2D eigenvalue weighted by molar-refractivity contribution is -0.125. The van der Waals surface area contributed by atoms with Crippen molar-refractivity contribution in [2.24, 2.45) is 0 Å². The number of benzene rings is 1. The SMILES string of the molecule is CCOCC(=O)NCCc1ccc(F)cc1C. The molecular formula is C13H18FNO2. The number of carbonyl (C=O) groups is 1. The fraction of sp³-hybridized carbons (Fsp3) is 0.462. The van der Waals surface area contributed by atoms with Crippen molar-refractivity contribution in [1.29, 1.82) is 0 Å². The van der Waals surface area contributed by atoms with Gasteiger partial charge in [0.25, 0.3) is 0 Å². The maximum absolute atomic E-state index is 12.9. The second-order valence-electron chi connectivity index (χ2n) is 3.81. The molecule has 0 fully saturated rings. The van der Waals surface area contributed by atoms with Crippen LogP contribution in [0, 0.1) is 12.7 Å². The van der Waals surface area contributed by atoms with Gasteiger partial charge in [-0.3, -0.25) is 4.79 Å². The third kappa shape index (κ3) is 4.95. The molecule has 1 aromatic carbocycles. The third-order valence-electron chi connectivity index (χ3n) is 2.46. The first-order chi connectivity index (χ1) is 8.13. The van der Waals surface area contributed by atoms with Gasteiger partial charge in [-0.05, 0) is 43.5 Å². The molecule has 0 heterocycles. The number of halogens is 1. The quantitative estimate of drug-likeness (QED) is 0.822. The lowest BCUT2D eigenvalue weighted by Crippen LogP contribution is -2.29. The van der Waals surface area contributed by atoms with Crippen LogP contribution in [0.1, 0.15) is 18.1 Å². The van der Waals surface area contributed by atoms with Crippen molar-refractivity contribution in [3.8, 4) is 0 Å². The van der Waals surface area contributed by atoms with Crippen LogP contribution in [0.15, 0.2) is 18.2 Å². The largest absolute Gasteiger partial charge is 0.372 e. The van der Waals surface area contributed by atoms with Crippen molar-refractivity contribution >= 4 is 5.91 Å². The molecule has 0 saturated heterocycles. The Morgan fingerprint density at radius 1 is 1.47 bits per heavy atom. The number of carbonyl (C=O) groups excluding carboxylic acids is 1. The zero-order valence-corrected chi connectivity index (χ0v) is 10.3. The summed E-state index contributed by atoms with van der Waals surface area (Å²) in [5, 5.41) is 2.75. The Balaban J connectivity index is 2.33. The van der Waals surface area contributed by atoms with E-state index in [2.05, 4.69) is 5.32 Å². The van der Waals surface area contributed by atoms with Crippen LogP contribution in [0.3, 0.4) is 0 Å². The summed E-state index contributed by atoms with van der Waals surface area (Å²) in [5.41, 5.74) is 1.95. The molecular weight excluding hydrogens is 221 g/mol. The Hall–Kier alpha value is -1.42. The minimum absolute atomic E-state index is 0.0961. The number of rotatable bonds is 6. The number of amides is 1. The summed E-state index contributed by atoms with van der Waals surface area (Å²) >= 11 is 0. The molecule has 3 nitrogen and oxygen atoms in total. The Morgan fingerprint density at radius 2 is 2.24 bits per heavy atom. The number of nitrogens with one attached hydrogen (secondary N) is 1. The molecule has 1 rings (SSSR count). The van der Waals surface area contributed by atoms with Crippen molar-refractivity contribution < 1.29 is 13.9 Å². The molecule has 1 N–H and O–H groups in total. The highest BCUT2D eigenvalue weighted by molar-refractivity contribution is 5.77. The van der Waals surface area contributed by atoms with Gasteiger partial charge in [0, 0.05) is 13.2 Å². The van der Waals surface area contributed by atoms with Crippen LogP contribution < -0.4 is 5.32 Å². The summed E-state index contributed by atoms with van der Waals surface area (Å²) in [4.78, 5) is 11.2. The van der Waals surface area contributed by atoms with Crippen molar-refractivity contribution in [2.45, 2.75) is 20.3 Å². The van der Waals surface area contributed by atoms with Crippen LogP contribution >= 0.6 is 0 Å². The van der Waals surface area contributed by atoms with Gasteiger partial charge in [0.15, 0.2) is 0 Å². The molecule has 0 aliphatic carbocycles. The highest BCUT2D eigenvalue weighted by atomic mass is 19.1. The van der Waals surface area contributed by atoms with E-state index in [0.717, 1.165) is 11.1 Å². The zero-order chi connectivity index (χ0) is 12.7. The number of ether oxygens (including phenoxy) is 1. The molecule has 0 bridgehead atoms. The molecule has 0 aliphatic heterocycles. The minimum atomic E-state index is -0.230. The molecule has 0 radical (unpaired) electrons. The average Bonchev–Trinajstić information content (AvgIpc) is 2.29. The van der Waals surface area contributed by atoms with E-state index < -0.39 is 0 Å². The highest BCUT2D eigenvalue weighted by Gasteiger charge is 2.02. The topological polar surface area (TPSA) is 38.3 Å². The van der Waals surface area contributed by atoms with Gasteiger partial charge in [0.05, 0.1) is 0 Å². The fourth-order valence-electron chi connectivity index (χ4n) is 1.52. The van der Waals surface area contributed by atoms with Gasteiger partial charge in [-0.2, -0.15) is 0 Å². The first-order valence-corrected chi connectivity index (χ1v) is 5.73. The van der Waals surface area contributed by atoms with Crippen LogP contribution in [-0.4, -0.2) is 25.7 Å². The van der Waals surface area contributed by atoms with E-state index in [9.17, 15) is 9.18 Å². The van der Waals surface area contributed by atoms with Gasteiger partial charge in [-0.1, -0.05) is 6.07 Å². The van der Waals surface area contributed by atoms with Crippen molar-refractivity contribution in [3.05, 3.63) is 35.1 Å². The van der Waals surface area contributed by atoms with E-state index in [1.807, 2.05) is 13.8 Å². The maximum atomic E-state index is 12.9. The van der Waals surface area contributed by atoms with Gasteiger partial charge in [-0.25, -0.2) is 4.39 Å². The van der Waals surface area contributed by atoms with Crippen LogP contribution in [0.4, 0.5) is 4.39 Å². The van der Waals surface area contributed by atoms with Crippen LogP contribution in [0.2, 0.25) is 0 Å². The minimum Gasteiger partial charge on any atom is -0.372 e. The van der Waals surface area contributed by atoms with E-state index in [4.69, 9.17) is 4.74 Å². The Kier molecular flexibility index (Phi) is 5.63. The van der Waals surface area contributed by atoms with Gasteiger partial charge < -0.3 is 10.1 Å². The Bertz CT molecular complexity index is 380. The Labute approximate surface area is 101 Å². The maximum Gasteiger partial charge on any atom is 0.246 e. The molecule has 94 valence electrons. The summed E-state index contributed by atoms with van der Waals surface area (Å²) < 4.78 is 17.8. The van der Waals surface area contributed by atoms with E-state index in [-0.39, 0.29) is 18.3 Å². The van der Waals surface area contributed by atoms with Crippen LogP contribution in [-0.2, 0) is 16.0 Å². The molecule has 0 atom stereocenters. The number of hydrogen-bond acceptors (Lipinski definition) is 2. The van der Waals surface area contributed by atoms with Gasteiger partial charge in [-0.15, -0.1) is 0 Å². The van der Waals surface area contributed by atoms with Crippen molar-refractivity contribution in [2.75, 3.05) is 19.8 Å². The molecule has 4 heteroatoms. The van der Waals surface area contributed by atoms with Crippen LogP contribution in [0.5, 0.6) is 0 Å². The van der Waals surface area contributed by atoms with Gasteiger partial charge >= 0.3 is 0 Å². The normalized spacial score (nSPS) is 10.3. The molecule has 1 aromatic rings. The fourth-order valence-corrected chi connectivity index (χ4v) is 1.52. The smallest absolute Gasteiger partial charge is 0.246 e. The van der Waals surface area contributed by atoms with Gasteiger partial charge in [0.2, 0.25) is 5.91 Å². The van der Waals surface area contributed by atoms with Crippen molar-refractivity contribution in [3.63, 3.8) is 0 Å². The second kappa shape index (κ2) is 7.01. The lowest BCUT2D eigenvalue weighted by Gasteiger charge is -2.07. The molecule has 0 aromatic heterocycles. The van der Waals surface area contributed by atoms with Crippen molar-refractivity contribution in [1.82, 2.24) is 5.32 Å². The lowest BCUT2D eigenvalue weighted by atomic mass is 10.1. The molecule has 0 aliphatic rings. The highest BCUT2D eigenvalue weighted by Crippen LogP contribution is 2.10. The van der Waals surface area contributed by atoms with E-state index >= 15 is 0 Å². The Morgan fingerprint density at radius 3 is 2.88 bits per heavy atom. The van der Waals surface area contributed by atoms with E-state index in [1.165, 1.54) is 12.1 Å². The molecule has 0 saturated carbocycles. The number of hydrogen-bond donors (Lipinski definition) is 1. The average molecular weight is 239 g/mol. The summed E-state index contributed by atoms with van der Waals surface area (Å²) in [6.45, 7) is 4.87. The van der Waals surface area contributed by atoms with Crippen LogP contribution in [0.25, 0.3) is 0 Å². The van der Waals surface area contributed by atoms with E-state index in [1.54, 1.807) is 6.07 Å². The van der Waals surface area contributed by atoms with E-state index in [0.29, 0.717) is 19.6 Å². The predicted octanol–water partition coefficient (Wildman–Crippen LogP) is 1.83. The monoisotopic (exact) mass is 239 g/mol. The molecule has 17 heavy (non-hydrogen) atoms. The summed E-state index contributed by atoms with van der Waals surface area (Å²) in [7, 11) is 0. The molecule has 0 spiro atoms. The molecule has 1 amide bonds. The zero-order valence-electron chi connectivity index (χ0n) is 10.3. The predicted molar refractivity (Wildman–Crippen MR) is 64.3 cm³/mol. The molecule has 0 unspecified atom stereocenters. The summed E-state index contributed by atoms with van der Waals surface area (Å²) in [6.07, 6.45) is 0.698. The first kappa shape index (κ1) is 13.6. The summed E-state index contributed by atoms with van der Waals surface area (Å²) in [6, 6.07) is 4.68. The summed E-state index contributed by atoms with van der Waals surface area (Å²) in [5.74, 6) is -0.349. The number of aryl methyl sites for hydroxylation is 1. The standard InChI is InChI=1S/C13H18FNO2/c1-3-17-9-13(16)15-7-6-11-4-5-12(14)8-10(11)2/h4-5,8H,3,6-7,9H2,1-2H3,(H,15,16). The van der Waals surface area contributed by atoms with Gasteiger partial charge in [0.1, 0.15) is 12.4 Å². The second-order valence-corrected chi connectivity index (χ2v) is 3.81. The first-order valence-electron chi connectivity index (χ1n) is 5.73.